The van der Waals surface area contributed by atoms with E-state index in [1.807, 2.05) is 0 Å². The average Bonchev–Trinajstić information content (AvgIpc) is 2.85. The lowest BCUT2D eigenvalue weighted by atomic mass is 9.76. The second kappa shape index (κ2) is 5.06. The minimum atomic E-state index is -0.609. The van der Waals surface area contributed by atoms with Gasteiger partial charge in [-0.2, -0.15) is 0 Å². The van der Waals surface area contributed by atoms with E-state index in [9.17, 15) is 4.79 Å². The number of fused-ring (bicyclic) bond motifs is 1. The van der Waals surface area contributed by atoms with Crippen molar-refractivity contribution >= 4 is 5.91 Å². The Balaban J connectivity index is 1.75. The van der Waals surface area contributed by atoms with Crippen LogP contribution in [0.1, 0.15) is 51.9 Å². The molecule has 3 rings (SSSR count). The molecular weight excluding hydrogens is 240 g/mol. The molecule has 0 spiro atoms. The summed E-state index contributed by atoms with van der Waals surface area (Å²) in [5.74, 6) is 0.766. The lowest BCUT2D eigenvalue weighted by Crippen LogP contribution is -2.62. The van der Waals surface area contributed by atoms with Gasteiger partial charge in [0.15, 0.2) is 0 Å². The molecule has 3 aliphatic rings. The Kier molecular flexibility index (Phi) is 3.56. The summed E-state index contributed by atoms with van der Waals surface area (Å²) in [6, 6.07) is 0.291. The standard InChI is InChI=1S/C15H26N2O2/c1-11-4-3-7-15(16,10-11)14(18)17-8-9-19-13-6-2-5-12(13)17/h11-13H,2-10,16H2,1H3. The molecule has 2 N–H and O–H groups in total. The van der Waals surface area contributed by atoms with Crippen molar-refractivity contribution in [3.8, 4) is 0 Å². The Morgan fingerprint density at radius 3 is 2.95 bits per heavy atom. The number of rotatable bonds is 1. The van der Waals surface area contributed by atoms with E-state index in [1.165, 1.54) is 12.8 Å². The molecular formula is C15H26N2O2. The summed E-state index contributed by atoms with van der Waals surface area (Å²) < 4.78 is 5.79. The average molecular weight is 266 g/mol. The normalized spacial score (nSPS) is 43.1. The lowest BCUT2D eigenvalue weighted by Gasteiger charge is -2.44. The summed E-state index contributed by atoms with van der Waals surface area (Å²) in [7, 11) is 0. The van der Waals surface area contributed by atoms with Crippen molar-refractivity contribution in [2.75, 3.05) is 13.2 Å². The molecule has 19 heavy (non-hydrogen) atoms. The molecule has 3 fully saturated rings. The molecule has 4 nitrogen and oxygen atoms in total. The van der Waals surface area contributed by atoms with E-state index in [-0.39, 0.29) is 12.0 Å². The molecule has 1 aliphatic heterocycles. The summed E-state index contributed by atoms with van der Waals surface area (Å²) >= 11 is 0. The largest absolute Gasteiger partial charge is 0.374 e. The number of hydrogen-bond acceptors (Lipinski definition) is 3. The van der Waals surface area contributed by atoms with Crippen LogP contribution in [0.15, 0.2) is 0 Å². The number of nitrogens with two attached hydrogens (primary N) is 1. The number of ether oxygens (including phenoxy) is 1. The fraction of sp³-hybridized carbons (Fsp3) is 0.933. The van der Waals surface area contributed by atoms with Crippen LogP contribution in [0.2, 0.25) is 0 Å². The van der Waals surface area contributed by atoms with Gasteiger partial charge in [0.05, 0.1) is 24.3 Å². The van der Waals surface area contributed by atoms with Gasteiger partial charge in [0.25, 0.3) is 0 Å². The number of carbonyl (C=O) groups excluding carboxylic acids is 1. The van der Waals surface area contributed by atoms with Crippen LogP contribution in [0.5, 0.6) is 0 Å². The van der Waals surface area contributed by atoms with E-state index in [0.29, 0.717) is 18.6 Å². The molecule has 1 heterocycles. The van der Waals surface area contributed by atoms with Crippen LogP contribution < -0.4 is 5.73 Å². The van der Waals surface area contributed by atoms with Gasteiger partial charge in [0, 0.05) is 6.54 Å². The maximum atomic E-state index is 12.9. The zero-order valence-electron chi connectivity index (χ0n) is 11.9. The third kappa shape index (κ3) is 2.40. The van der Waals surface area contributed by atoms with Crippen molar-refractivity contribution in [2.45, 2.75) is 69.6 Å². The summed E-state index contributed by atoms with van der Waals surface area (Å²) in [6.45, 7) is 3.62. The topological polar surface area (TPSA) is 55.6 Å². The summed E-state index contributed by atoms with van der Waals surface area (Å²) in [5, 5.41) is 0. The fourth-order valence-electron chi connectivity index (χ4n) is 4.25. The number of hydrogen-bond donors (Lipinski definition) is 1. The minimum absolute atomic E-state index is 0.194. The zero-order valence-corrected chi connectivity index (χ0v) is 11.9. The van der Waals surface area contributed by atoms with Crippen LogP contribution in [0.25, 0.3) is 0 Å². The lowest BCUT2D eigenvalue weighted by molar-refractivity contribution is -0.151. The zero-order chi connectivity index (χ0) is 13.5. The maximum Gasteiger partial charge on any atom is 0.243 e. The molecule has 0 bridgehead atoms. The molecule has 4 atom stereocenters. The van der Waals surface area contributed by atoms with Gasteiger partial charge >= 0.3 is 0 Å². The van der Waals surface area contributed by atoms with E-state index in [4.69, 9.17) is 10.5 Å². The van der Waals surface area contributed by atoms with E-state index in [1.54, 1.807) is 0 Å². The third-order valence-corrected chi connectivity index (χ3v) is 5.20. The van der Waals surface area contributed by atoms with Gasteiger partial charge in [-0.1, -0.05) is 19.8 Å². The van der Waals surface area contributed by atoms with Crippen molar-refractivity contribution in [3.05, 3.63) is 0 Å². The van der Waals surface area contributed by atoms with Gasteiger partial charge < -0.3 is 15.4 Å². The Bertz CT molecular complexity index is 360. The molecule has 2 saturated carbocycles. The van der Waals surface area contributed by atoms with Gasteiger partial charge in [0.1, 0.15) is 0 Å². The van der Waals surface area contributed by atoms with E-state index < -0.39 is 5.54 Å². The van der Waals surface area contributed by atoms with Crippen molar-refractivity contribution in [2.24, 2.45) is 11.7 Å². The van der Waals surface area contributed by atoms with Crippen molar-refractivity contribution < 1.29 is 9.53 Å². The Morgan fingerprint density at radius 2 is 2.16 bits per heavy atom. The second-order valence-corrected chi connectivity index (χ2v) is 6.76. The monoisotopic (exact) mass is 266 g/mol. The van der Waals surface area contributed by atoms with Crippen molar-refractivity contribution in [1.29, 1.82) is 0 Å². The molecule has 2 aliphatic carbocycles. The molecule has 0 aromatic heterocycles. The van der Waals surface area contributed by atoms with Crippen LogP contribution >= 0.6 is 0 Å². The van der Waals surface area contributed by atoms with Crippen molar-refractivity contribution in [1.82, 2.24) is 4.90 Å². The highest BCUT2D eigenvalue weighted by atomic mass is 16.5. The van der Waals surface area contributed by atoms with Crippen LogP contribution in [-0.2, 0) is 9.53 Å². The van der Waals surface area contributed by atoms with Crippen LogP contribution in [-0.4, -0.2) is 41.6 Å². The number of morpholine rings is 1. The van der Waals surface area contributed by atoms with E-state index >= 15 is 0 Å². The Labute approximate surface area is 115 Å². The Morgan fingerprint density at radius 1 is 1.32 bits per heavy atom. The molecule has 0 aromatic rings. The molecule has 4 unspecified atom stereocenters. The first-order chi connectivity index (χ1) is 9.10. The second-order valence-electron chi connectivity index (χ2n) is 6.76. The Hall–Kier alpha value is -0.610. The predicted octanol–water partition coefficient (Wildman–Crippen LogP) is 1.67. The van der Waals surface area contributed by atoms with Crippen LogP contribution in [0, 0.1) is 5.92 Å². The minimum Gasteiger partial charge on any atom is -0.374 e. The van der Waals surface area contributed by atoms with Crippen molar-refractivity contribution in [3.63, 3.8) is 0 Å². The van der Waals surface area contributed by atoms with Gasteiger partial charge in [0.2, 0.25) is 5.91 Å². The molecule has 4 heteroatoms. The van der Waals surface area contributed by atoms with E-state index in [2.05, 4.69) is 11.8 Å². The molecule has 0 radical (unpaired) electrons. The summed E-state index contributed by atoms with van der Waals surface area (Å²) in [6.07, 6.45) is 7.62. The first kappa shape index (κ1) is 13.4. The summed E-state index contributed by atoms with van der Waals surface area (Å²) in [4.78, 5) is 15.0. The highest BCUT2D eigenvalue weighted by molar-refractivity contribution is 5.86. The number of nitrogens with zero attached hydrogens (tertiary/aromatic N) is 1. The van der Waals surface area contributed by atoms with Gasteiger partial charge in [-0.3, -0.25) is 4.79 Å². The first-order valence-corrected chi connectivity index (χ1v) is 7.82. The highest BCUT2D eigenvalue weighted by Crippen LogP contribution is 2.35. The summed E-state index contributed by atoms with van der Waals surface area (Å²) in [5.41, 5.74) is 5.87. The maximum absolute atomic E-state index is 12.9. The van der Waals surface area contributed by atoms with Crippen LogP contribution in [0.4, 0.5) is 0 Å². The third-order valence-electron chi connectivity index (χ3n) is 5.20. The van der Waals surface area contributed by atoms with Gasteiger partial charge in [-0.05, 0) is 38.0 Å². The molecule has 108 valence electrons. The number of carbonyl (C=O) groups is 1. The molecule has 0 aromatic carbocycles. The molecule has 1 amide bonds. The van der Waals surface area contributed by atoms with E-state index in [0.717, 1.165) is 38.6 Å². The predicted molar refractivity (Wildman–Crippen MR) is 73.6 cm³/mol. The first-order valence-electron chi connectivity index (χ1n) is 7.82. The quantitative estimate of drug-likeness (QED) is 0.785. The fourth-order valence-corrected chi connectivity index (χ4v) is 4.25. The molecule has 1 saturated heterocycles. The highest BCUT2D eigenvalue weighted by Gasteiger charge is 2.46. The number of amides is 1. The SMILES string of the molecule is CC1CCCC(N)(C(=O)N2CCOC3CCCC32)C1. The van der Waals surface area contributed by atoms with Crippen LogP contribution in [0.3, 0.4) is 0 Å². The van der Waals surface area contributed by atoms with Gasteiger partial charge in [-0.25, -0.2) is 0 Å². The smallest absolute Gasteiger partial charge is 0.243 e. The van der Waals surface area contributed by atoms with Gasteiger partial charge in [-0.15, -0.1) is 0 Å².